The topological polar surface area (TPSA) is 80.0 Å². The minimum atomic E-state index is -0.00719. The van der Waals surface area contributed by atoms with E-state index in [2.05, 4.69) is 43.7 Å². The molecule has 3 aromatic heterocycles. The molecule has 1 fully saturated rings. The van der Waals surface area contributed by atoms with Gasteiger partial charge in [0, 0.05) is 74.4 Å². The molecular weight excluding hydrogens is 426 g/mol. The minimum absolute atomic E-state index is 0.00719. The number of ketones is 1. The second-order valence-corrected chi connectivity index (χ2v) is 9.08. The summed E-state index contributed by atoms with van der Waals surface area (Å²) in [6.45, 7) is 8.28. The third-order valence-electron chi connectivity index (χ3n) is 6.43. The van der Waals surface area contributed by atoms with Gasteiger partial charge in [-0.3, -0.25) is 14.4 Å². The predicted octanol–water partition coefficient (Wildman–Crippen LogP) is 3.38. The Morgan fingerprint density at radius 2 is 1.82 bits per heavy atom. The van der Waals surface area contributed by atoms with Crippen LogP contribution in [0.25, 0.3) is 22.0 Å². The molecule has 4 aromatic rings. The molecule has 1 aliphatic rings. The molecule has 0 radical (unpaired) electrons. The summed E-state index contributed by atoms with van der Waals surface area (Å²) < 4.78 is 1.77. The quantitative estimate of drug-likeness (QED) is 0.412. The van der Waals surface area contributed by atoms with Gasteiger partial charge in [0.1, 0.15) is 11.6 Å². The van der Waals surface area contributed by atoms with E-state index in [-0.39, 0.29) is 12.2 Å². The van der Waals surface area contributed by atoms with E-state index in [9.17, 15) is 4.79 Å². The van der Waals surface area contributed by atoms with Crippen molar-refractivity contribution in [1.82, 2.24) is 29.6 Å². The molecule has 0 aliphatic carbocycles. The number of fused-ring (bicyclic) bond motifs is 1. The summed E-state index contributed by atoms with van der Waals surface area (Å²) in [6.07, 6.45) is 7.45. The van der Waals surface area contributed by atoms with Gasteiger partial charge in [-0.15, -0.1) is 0 Å². The molecular formula is C26H29N7O. The van der Waals surface area contributed by atoms with E-state index < -0.39 is 0 Å². The third-order valence-corrected chi connectivity index (χ3v) is 6.43. The number of aromatic nitrogens is 5. The first-order chi connectivity index (χ1) is 16.5. The number of aryl methyl sites for hydroxylation is 1. The molecule has 0 bridgehead atoms. The highest BCUT2D eigenvalue weighted by molar-refractivity contribution is 5.98. The van der Waals surface area contributed by atoms with Crippen LogP contribution in [0.4, 0.5) is 5.82 Å². The van der Waals surface area contributed by atoms with Gasteiger partial charge >= 0.3 is 0 Å². The Balaban J connectivity index is 1.32. The maximum atomic E-state index is 13.1. The standard InChI is InChI=1S/C26H29N7O/c1-18(2)32-8-10-33(11-9-32)26-13-20(6-7-27-26)24(34)14-25-28-15-21-5-4-19(12-23(21)30-25)22-16-29-31(3)17-22/h4-7,12-13,15-18H,8-11,14H2,1-3H3. The summed E-state index contributed by atoms with van der Waals surface area (Å²) >= 11 is 0. The molecule has 174 valence electrons. The number of rotatable bonds is 6. The second-order valence-electron chi connectivity index (χ2n) is 9.08. The van der Waals surface area contributed by atoms with Crippen LogP contribution in [0.3, 0.4) is 0 Å². The van der Waals surface area contributed by atoms with Crippen molar-refractivity contribution in [3.8, 4) is 11.1 Å². The van der Waals surface area contributed by atoms with E-state index in [1.807, 2.05) is 43.7 Å². The normalized spacial score (nSPS) is 14.8. The number of benzene rings is 1. The van der Waals surface area contributed by atoms with Crippen LogP contribution in [0.15, 0.2) is 55.1 Å². The van der Waals surface area contributed by atoms with Gasteiger partial charge in [-0.25, -0.2) is 15.0 Å². The zero-order valence-electron chi connectivity index (χ0n) is 19.8. The monoisotopic (exact) mass is 455 g/mol. The van der Waals surface area contributed by atoms with Crippen molar-refractivity contribution in [2.45, 2.75) is 26.3 Å². The maximum absolute atomic E-state index is 13.1. The fourth-order valence-corrected chi connectivity index (χ4v) is 4.37. The summed E-state index contributed by atoms with van der Waals surface area (Å²) in [5, 5.41) is 5.18. The molecule has 4 heterocycles. The van der Waals surface area contributed by atoms with Crippen LogP contribution < -0.4 is 4.90 Å². The van der Waals surface area contributed by atoms with Crippen LogP contribution in [0.5, 0.6) is 0 Å². The number of hydrogen-bond donors (Lipinski definition) is 0. The van der Waals surface area contributed by atoms with Crippen molar-refractivity contribution in [3.05, 3.63) is 66.5 Å². The number of carbonyl (C=O) groups is 1. The van der Waals surface area contributed by atoms with E-state index in [0.717, 1.165) is 54.0 Å². The first kappa shape index (κ1) is 22.2. The van der Waals surface area contributed by atoms with Gasteiger partial charge in [0.15, 0.2) is 5.78 Å². The average molecular weight is 456 g/mol. The van der Waals surface area contributed by atoms with Crippen LogP contribution in [0.2, 0.25) is 0 Å². The smallest absolute Gasteiger partial charge is 0.170 e. The minimum Gasteiger partial charge on any atom is -0.354 e. The number of Topliss-reactive ketones (excluding diaryl/α,β-unsaturated/α-hetero) is 1. The summed E-state index contributed by atoms with van der Waals surface area (Å²) in [7, 11) is 1.90. The molecule has 1 saturated heterocycles. The van der Waals surface area contributed by atoms with Gasteiger partial charge in [0.2, 0.25) is 0 Å². The second kappa shape index (κ2) is 9.30. The van der Waals surface area contributed by atoms with Crippen LogP contribution in [0.1, 0.15) is 30.0 Å². The number of carbonyl (C=O) groups excluding carboxylic acids is 1. The van der Waals surface area contributed by atoms with Crippen molar-refractivity contribution in [1.29, 1.82) is 0 Å². The molecule has 0 saturated carbocycles. The fraction of sp³-hybridized carbons (Fsp3) is 0.346. The number of nitrogens with zero attached hydrogens (tertiary/aromatic N) is 7. The van der Waals surface area contributed by atoms with Crippen LogP contribution in [-0.2, 0) is 13.5 Å². The fourth-order valence-electron chi connectivity index (χ4n) is 4.37. The van der Waals surface area contributed by atoms with Gasteiger partial charge in [-0.1, -0.05) is 12.1 Å². The molecule has 0 amide bonds. The Bertz CT molecular complexity index is 1320. The molecule has 0 N–H and O–H groups in total. The average Bonchev–Trinajstić information content (AvgIpc) is 3.30. The van der Waals surface area contributed by atoms with E-state index in [1.165, 1.54) is 0 Å². The van der Waals surface area contributed by atoms with Crippen molar-refractivity contribution in [2.24, 2.45) is 7.05 Å². The molecule has 34 heavy (non-hydrogen) atoms. The Kier molecular flexibility index (Phi) is 6.06. The number of hydrogen-bond acceptors (Lipinski definition) is 7. The zero-order chi connectivity index (χ0) is 23.7. The Morgan fingerprint density at radius 1 is 1.00 bits per heavy atom. The van der Waals surface area contributed by atoms with Gasteiger partial charge in [0.05, 0.1) is 18.1 Å². The summed E-state index contributed by atoms with van der Waals surface area (Å²) in [4.78, 5) is 31.4. The number of pyridine rings is 1. The SMILES string of the molecule is CC(C)N1CCN(c2cc(C(=O)Cc3ncc4ccc(-c5cnn(C)c5)cc4n3)ccn2)CC1. The summed E-state index contributed by atoms with van der Waals surface area (Å²) in [5.41, 5.74) is 3.52. The molecule has 1 aliphatic heterocycles. The van der Waals surface area contributed by atoms with E-state index >= 15 is 0 Å². The highest BCUT2D eigenvalue weighted by atomic mass is 16.1. The third kappa shape index (κ3) is 4.68. The lowest BCUT2D eigenvalue weighted by Gasteiger charge is -2.37. The highest BCUT2D eigenvalue weighted by Gasteiger charge is 2.20. The van der Waals surface area contributed by atoms with Crippen molar-refractivity contribution >= 4 is 22.5 Å². The summed E-state index contributed by atoms with van der Waals surface area (Å²) in [6, 6.07) is 10.3. The Morgan fingerprint density at radius 3 is 2.56 bits per heavy atom. The predicted molar refractivity (Wildman–Crippen MR) is 133 cm³/mol. The van der Waals surface area contributed by atoms with Gasteiger partial charge in [-0.2, -0.15) is 5.10 Å². The van der Waals surface area contributed by atoms with E-state index in [1.54, 1.807) is 23.1 Å². The largest absolute Gasteiger partial charge is 0.354 e. The van der Waals surface area contributed by atoms with Crippen molar-refractivity contribution < 1.29 is 4.79 Å². The van der Waals surface area contributed by atoms with Crippen LogP contribution >= 0.6 is 0 Å². The lowest BCUT2D eigenvalue weighted by atomic mass is 10.1. The Labute approximate surface area is 199 Å². The van der Waals surface area contributed by atoms with Crippen LogP contribution in [0, 0.1) is 0 Å². The zero-order valence-corrected chi connectivity index (χ0v) is 19.8. The molecule has 8 heteroatoms. The highest BCUT2D eigenvalue weighted by Crippen LogP contribution is 2.23. The molecule has 0 spiro atoms. The molecule has 0 unspecified atom stereocenters. The molecule has 1 aromatic carbocycles. The molecule has 8 nitrogen and oxygen atoms in total. The van der Waals surface area contributed by atoms with Gasteiger partial charge in [0.25, 0.3) is 0 Å². The molecule has 0 atom stereocenters. The Hall–Kier alpha value is -3.65. The number of anilines is 1. The molecule has 5 rings (SSSR count). The summed E-state index contributed by atoms with van der Waals surface area (Å²) in [5.74, 6) is 1.37. The first-order valence-corrected chi connectivity index (χ1v) is 11.7. The first-order valence-electron chi connectivity index (χ1n) is 11.7. The maximum Gasteiger partial charge on any atom is 0.170 e. The van der Waals surface area contributed by atoms with Gasteiger partial charge in [-0.05, 0) is 37.6 Å². The lowest BCUT2D eigenvalue weighted by molar-refractivity contribution is 0.0991. The van der Waals surface area contributed by atoms with Gasteiger partial charge < -0.3 is 4.90 Å². The van der Waals surface area contributed by atoms with Crippen LogP contribution in [-0.4, -0.2) is 67.6 Å². The lowest BCUT2D eigenvalue weighted by Crippen LogP contribution is -2.49. The van der Waals surface area contributed by atoms with E-state index in [4.69, 9.17) is 0 Å². The van der Waals surface area contributed by atoms with Crippen molar-refractivity contribution in [3.63, 3.8) is 0 Å². The van der Waals surface area contributed by atoms with Crippen molar-refractivity contribution in [2.75, 3.05) is 31.1 Å². The number of piperazine rings is 1. The van der Waals surface area contributed by atoms with E-state index in [0.29, 0.717) is 17.4 Å².